The Balaban J connectivity index is 2.81. The van der Waals surface area contributed by atoms with E-state index in [1.165, 1.54) is 0 Å². The molecule has 2 N–H and O–H groups in total. The lowest BCUT2D eigenvalue weighted by atomic mass is 10.1. The van der Waals surface area contributed by atoms with Crippen molar-refractivity contribution in [3.8, 4) is 0 Å². The van der Waals surface area contributed by atoms with Crippen LogP contribution in [0.5, 0.6) is 0 Å². The second kappa shape index (κ2) is 6.47. The van der Waals surface area contributed by atoms with Crippen molar-refractivity contribution in [1.29, 1.82) is 0 Å². The molecule has 1 heterocycles. The maximum atomic E-state index is 11.9. The first kappa shape index (κ1) is 15.4. The number of anilines is 1. The molecule has 0 radical (unpaired) electrons. The van der Waals surface area contributed by atoms with Gasteiger partial charge in [-0.25, -0.2) is 9.97 Å². The van der Waals surface area contributed by atoms with Crippen molar-refractivity contribution in [1.82, 2.24) is 15.3 Å². The number of carbonyl (C=O) groups excluding carboxylic acids is 1. The van der Waals surface area contributed by atoms with E-state index >= 15 is 0 Å². The van der Waals surface area contributed by atoms with E-state index < -0.39 is 0 Å². The van der Waals surface area contributed by atoms with Crippen LogP contribution in [0.1, 0.15) is 37.1 Å². The summed E-state index contributed by atoms with van der Waals surface area (Å²) in [5.74, 6) is 0.988. The second-order valence-corrected chi connectivity index (χ2v) is 5.31. The molecule has 0 atom stereocenters. The van der Waals surface area contributed by atoms with Gasteiger partial charge in [0.25, 0.3) is 5.91 Å². The lowest BCUT2D eigenvalue weighted by molar-refractivity contribution is 0.0931. The number of rotatable bonds is 5. The highest BCUT2D eigenvalue weighted by molar-refractivity contribution is 5.92. The van der Waals surface area contributed by atoms with Crippen molar-refractivity contribution in [2.45, 2.75) is 33.2 Å². The molecule has 1 rings (SSSR count). The molecule has 0 aromatic carbocycles. The van der Waals surface area contributed by atoms with Crippen LogP contribution in [0.25, 0.3) is 0 Å². The molecule has 1 aromatic heterocycles. The summed E-state index contributed by atoms with van der Waals surface area (Å²) in [7, 11) is 1.59. The van der Waals surface area contributed by atoms with Gasteiger partial charge in [0.05, 0.1) is 6.61 Å². The number of amides is 1. The third-order valence-electron chi connectivity index (χ3n) is 2.17. The van der Waals surface area contributed by atoms with Crippen LogP contribution in [-0.2, 0) is 4.74 Å². The van der Waals surface area contributed by atoms with Gasteiger partial charge in [-0.3, -0.25) is 4.79 Å². The average Bonchev–Trinajstić information content (AvgIpc) is 2.26. The van der Waals surface area contributed by atoms with Crippen molar-refractivity contribution in [3.63, 3.8) is 0 Å². The van der Waals surface area contributed by atoms with Crippen molar-refractivity contribution in [2.75, 3.05) is 25.6 Å². The fourth-order valence-electron chi connectivity index (χ4n) is 1.49. The molecular formula is C13H22N4O2. The Morgan fingerprint density at radius 2 is 2.05 bits per heavy atom. The molecule has 106 valence electrons. The van der Waals surface area contributed by atoms with Crippen LogP contribution in [0.4, 0.5) is 5.82 Å². The van der Waals surface area contributed by atoms with Gasteiger partial charge in [0, 0.05) is 25.3 Å². The lowest BCUT2D eigenvalue weighted by Crippen LogP contribution is -2.30. The molecule has 6 nitrogen and oxygen atoms in total. The van der Waals surface area contributed by atoms with Gasteiger partial charge in [-0.1, -0.05) is 0 Å². The van der Waals surface area contributed by atoms with Crippen LogP contribution in [0.2, 0.25) is 0 Å². The van der Waals surface area contributed by atoms with E-state index in [4.69, 9.17) is 4.74 Å². The molecule has 1 amide bonds. The molecule has 1 aromatic rings. The minimum atomic E-state index is -0.223. The fraction of sp³-hybridized carbons (Fsp3) is 0.615. The highest BCUT2D eigenvalue weighted by atomic mass is 16.5. The molecule has 0 bridgehead atoms. The van der Waals surface area contributed by atoms with Crippen LogP contribution < -0.4 is 10.6 Å². The number of hydrogen-bond donors (Lipinski definition) is 2. The summed E-state index contributed by atoms with van der Waals surface area (Å²) in [6.07, 6.45) is 0. The summed E-state index contributed by atoms with van der Waals surface area (Å²) < 4.78 is 4.88. The molecule has 0 saturated carbocycles. The Hall–Kier alpha value is -1.69. The number of methoxy groups -OCH3 is 1. The maximum Gasteiger partial charge on any atom is 0.270 e. The summed E-state index contributed by atoms with van der Waals surface area (Å²) in [4.78, 5) is 20.3. The van der Waals surface area contributed by atoms with E-state index in [-0.39, 0.29) is 11.4 Å². The van der Waals surface area contributed by atoms with E-state index in [1.54, 1.807) is 20.1 Å². The number of nitrogens with zero attached hydrogens (tertiary/aromatic N) is 2. The fourth-order valence-corrected chi connectivity index (χ4v) is 1.49. The van der Waals surface area contributed by atoms with Crippen molar-refractivity contribution in [3.05, 3.63) is 17.6 Å². The standard InChI is InChI=1S/C13H22N4O2/c1-9-15-10(12(18)14-6-7-19-5)8-11(16-9)17-13(2,3)4/h8H,6-7H2,1-5H3,(H,14,18)(H,15,16,17). The Labute approximate surface area is 114 Å². The quantitative estimate of drug-likeness (QED) is 0.787. The molecule has 19 heavy (non-hydrogen) atoms. The summed E-state index contributed by atoms with van der Waals surface area (Å²) in [5, 5.41) is 5.96. The molecule has 0 saturated heterocycles. The highest BCUT2D eigenvalue weighted by Gasteiger charge is 2.14. The number of ether oxygens (including phenoxy) is 1. The van der Waals surface area contributed by atoms with Crippen LogP contribution in [0, 0.1) is 6.92 Å². The molecule has 6 heteroatoms. The summed E-state index contributed by atoms with van der Waals surface area (Å²) in [6, 6.07) is 1.65. The van der Waals surface area contributed by atoms with Gasteiger partial charge in [0.15, 0.2) is 0 Å². The van der Waals surface area contributed by atoms with Crippen LogP contribution in [0.3, 0.4) is 0 Å². The van der Waals surface area contributed by atoms with Crippen LogP contribution in [0.15, 0.2) is 6.07 Å². The van der Waals surface area contributed by atoms with Crippen molar-refractivity contribution >= 4 is 11.7 Å². The molecular weight excluding hydrogens is 244 g/mol. The van der Waals surface area contributed by atoms with Gasteiger partial charge >= 0.3 is 0 Å². The molecule has 0 fully saturated rings. The normalized spacial score (nSPS) is 11.2. The van der Waals surface area contributed by atoms with Crippen LogP contribution in [-0.4, -0.2) is 41.7 Å². The number of nitrogens with one attached hydrogen (secondary N) is 2. The molecule has 0 spiro atoms. The average molecular weight is 266 g/mol. The SMILES string of the molecule is COCCNC(=O)c1cc(NC(C)(C)C)nc(C)n1. The Morgan fingerprint density at radius 3 is 2.63 bits per heavy atom. The Morgan fingerprint density at radius 1 is 1.37 bits per heavy atom. The van der Waals surface area contributed by atoms with Gasteiger partial charge in [-0.2, -0.15) is 0 Å². The van der Waals surface area contributed by atoms with Crippen molar-refractivity contribution < 1.29 is 9.53 Å². The number of aromatic nitrogens is 2. The first-order chi connectivity index (χ1) is 8.81. The molecule has 0 aliphatic carbocycles. The number of carbonyl (C=O) groups is 1. The number of hydrogen-bond acceptors (Lipinski definition) is 5. The minimum Gasteiger partial charge on any atom is -0.383 e. The van der Waals surface area contributed by atoms with Crippen LogP contribution >= 0.6 is 0 Å². The summed E-state index contributed by atoms with van der Waals surface area (Å²) in [5.41, 5.74) is 0.236. The highest BCUT2D eigenvalue weighted by Crippen LogP contribution is 2.13. The molecule has 0 aliphatic rings. The molecule has 0 unspecified atom stereocenters. The van der Waals surface area contributed by atoms with Gasteiger partial charge in [0.2, 0.25) is 0 Å². The zero-order valence-corrected chi connectivity index (χ0v) is 12.2. The third-order valence-corrected chi connectivity index (χ3v) is 2.17. The lowest BCUT2D eigenvalue weighted by Gasteiger charge is -2.21. The minimum absolute atomic E-state index is 0.120. The third kappa shape index (κ3) is 5.65. The van der Waals surface area contributed by atoms with Gasteiger partial charge in [0.1, 0.15) is 17.3 Å². The zero-order chi connectivity index (χ0) is 14.5. The van der Waals surface area contributed by atoms with E-state index in [0.29, 0.717) is 30.5 Å². The topological polar surface area (TPSA) is 76.1 Å². The van der Waals surface area contributed by atoms with E-state index in [0.717, 1.165) is 0 Å². The van der Waals surface area contributed by atoms with E-state index in [2.05, 4.69) is 20.6 Å². The summed E-state index contributed by atoms with van der Waals surface area (Å²) in [6.45, 7) is 8.79. The Bertz CT molecular complexity index is 441. The Kier molecular flexibility index (Phi) is 5.23. The predicted molar refractivity (Wildman–Crippen MR) is 74.4 cm³/mol. The first-order valence-corrected chi connectivity index (χ1v) is 6.23. The smallest absolute Gasteiger partial charge is 0.270 e. The second-order valence-electron chi connectivity index (χ2n) is 5.31. The van der Waals surface area contributed by atoms with Gasteiger partial charge in [-0.15, -0.1) is 0 Å². The van der Waals surface area contributed by atoms with E-state index in [9.17, 15) is 4.79 Å². The van der Waals surface area contributed by atoms with Gasteiger partial charge in [-0.05, 0) is 27.7 Å². The number of aryl methyl sites for hydroxylation is 1. The van der Waals surface area contributed by atoms with E-state index in [1.807, 2.05) is 20.8 Å². The van der Waals surface area contributed by atoms with Crippen molar-refractivity contribution in [2.24, 2.45) is 0 Å². The molecule has 0 aliphatic heterocycles. The first-order valence-electron chi connectivity index (χ1n) is 6.23. The zero-order valence-electron chi connectivity index (χ0n) is 12.2. The predicted octanol–water partition coefficient (Wildman–Crippen LogP) is 1.37. The largest absolute Gasteiger partial charge is 0.383 e. The summed E-state index contributed by atoms with van der Waals surface area (Å²) >= 11 is 0. The maximum absolute atomic E-state index is 11.9. The monoisotopic (exact) mass is 266 g/mol. The van der Waals surface area contributed by atoms with Gasteiger partial charge < -0.3 is 15.4 Å².